The number of aliphatic carboxylic acids is 5. The maximum absolute atomic E-state index is 10.3. The lowest BCUT2D eigenvalue weighted by Gasteiger charge is -2.18. The van der Waals surface area contributed by atoms with Crippen LogP contribution < -0.4 is 30.8 Å². The van der Waals surface area contributed by atoms with E-state index in [-0.39, 0.29) is 30.8 Å². The number of aliphatic hydroxyl groups excluding tert-OH is 2. The second-order valence-electron chi connectivity index (χ2n) is 4.04. The molecule has 0 radical (unpaired) electrons. The van der Waals surface area contributed by atoms with Gasteiger partial charge in [-0.1, -0.05) is 0 Å². The quantitative estimate of drug-likeness (QED) is 0.189. The fourth-order valence-corrected chi connectivity index (χ4v) is 0.984. The summed E-state index contributed by atoms with van der Waals surface area (Å²) in [4.78, 5) is 50.0. The molecule has 0 aliphatic heterocycles. The fraction of sp³-hybridized carbons (Fsp3) is 0.500. The highest BCUT2D eigenvalue weighted by Crippen LogP contribution is 2.15. The Labute approximate surface area is 157 Å². The van der Waals surface area contributed by atoms with E-state index in [2.05, 4.69) is 0 Å². The topological polar surface area (TPSA) is 422 Å². The number of carboxylic acids is 5. The van der Waals surface area contributed by atoms with Gasteiger partial charge in [0.15, 0.2) is 17.8 Å². The van der Waals surface area contributed by atoms with Crippen molar-refractivity contribution < 1.29 is 64.8 Å². The highest BCUT2D eigenvalue weighted by Gasteiger charge is 2.40. The van der Waals surface area contributed by atoms with Crippen molar-refractivity contribution in [2.24, 2.45) is 0 Å². The minimum atomic E-state index is -2.74. The van der Waals surface area contributed by atoms with E-state index in [0.29, 0.717) is 0 Å². The van der Waals surface area contributed by atoms with Gasteiger partial charge in [-0.05, 0) is 0 Å². The van der Waals surface area contributed by atoms with E-state index in [1.165, 1.54) is 0 Å². The Hall–Kier alpha value is -2.97. The number of aliphatic hydroxyl groups is 3. The van der Waals surface area contributed by atoms with E-state index < -0.39 is 60.5 Å². The molecule has 23 N–H and O–H groups in total. The van der Waals surface area contributed by atoms with Crippen LogP contribution in [0.15, 0.2) is 0 Å². The van der Waals surface area contributed by atoms with E-state index in [0.717, 1.165) is 0 Å². The molecule has 0 amide bonds. The number of carbonyl (C=O) groups is 5. The van der Waals surface area contributed by atoms with Crippen molar-refractivity contribution in [1.82, 2.24) is 30.8 Å². The summed E-state index contributed by atoms with van der Waals surface area (Å²) in [7, 11) is 0. The molecule has 0 rings (SSSR count). The molecule has 0 aliphatic carbocycles. The molecule has 2 unspecified atom stereocenters. The zero-order valence-corrected chi connectivity index (χ0v) is 14.7. The average Bonchev–Trinajstić information content (AvgIpc) is 2.35. The molecule has 0 aliphatic rings. The predicted octanol–water partition coefficient (Wildman–Crippen LogP) is -2.56. The van der Waals surface area contributed by atoms with Crippen LogP contribution in [-0.2, 0) is 24.0 Å². The molecule has 0 spiro atoms. The van der Waals surface area contributed by atoms with Crippen LogP contribution in [0.25, 0.3) is 0 Å². The average molecular weight is 427 g/mol. The van der Waals surface area contributed by atoms with Gasteiger partial charge in [-0.3, -0.25) is 9.59 Å². The zero-order chi connectivity index (χ0) is 19.0. The lowest BCUT2D eigenvalue weighted by molar-refractivity contribution is -0.170. The highest BCUT2D eigenvalue weighted by molar-refractivity contribution is 5.88. The summed E-state index contributed by atoms with van der Waals surface area (Å²) in [5.74, 6) is -8.56. The predicted molar refractivity (Wildman–Crippen MR) is 89.5 cm³/mol. The zero-order valence-electron chi connectivity index (χ0n) is 14.7. The van der Waals surface area contributed by atoms with Crippen molar-refractivity contribution >= 4 is 29.8 Å². The van der Waals surface area contributed by atoms with Gasteiger partial charge in [0.1, 0.15) is 0 Å². The van der Waals surface area contributed by atoms with Crippen LogP contribution in [0.2, 0.25) is 0 Å². The summed E-state index contributed by atoms with van der Waals surface area (Å²) in [5.41, 5.74) is -2.74. The molecule has 0 aromatic rings. The molecular weight excluding hydrogens is 398 g/mol. The second-order valence-corrected chi connectivity index (χ2v) is 4.04. The molecule has 0 fully saturated rings. The summed E-state index contributed by atoms with van der Waals surface area (Å²) in [6.45, 7) is 0. The van der Waals surface area contributed by atoms with E-state index >= 15 is 0 Å². The van der Waals surface area contributed by atoms with Gasteiger partial charge in [-0.2, -0.15) is 0 Å². The van der Waals surface area contributed by atoms with Crippen LogP contribution in [0.5, 0.6) is 0 Å². The van der Waals surface area contributed by atoms with Crippen molar-refractivity contribution in [2.75, 3.05) is 0 Å². The maximum Gasteiger partial charge on any atom is 0.336 e. The SMILES string of the molecule is N.N.N.N.N.O=C(O)C(O)C(O)C(=O)O.O=C(O)CC(O)(CC(=O)O)C(=O)O. The van der Waals surface area contributed by atoms with E-state index in [1.807, 2.05) is 0 Å². The van der Waals surface area contributed by atoms with Crippen molar-refractivity contribution in [3.05, 3.63) is 0 Å². The van der Waals surface area contributed by atoms with Crippen molar-refractivity contribution in [3.8, 4) is 0 Å². The molecule has 0 bridgehead atoms. The third kappa shape index (κ3) is 17.8. The Morgan fingerprint density at radius 2 is 0.821 bits per heavy atom. The van der Waals surface area contributed by atoms with E-state index in [9.17, 15) is 24.0 Å². The standard InChI is InChI=1S/C6H8O7.C4H6O6.5H3N/c7-3(8)1-6(13,5(11)12)2-4(9)10;5-1(3(7)8)2(6)4(9)10;;;;;/h13H,1-2H2,(H,7,8)(H,9,10)(H,11,12);1-2,5-6H,(H,7,8)(H,9,10);5*1H3. The summed E-state index contributed by atoms with van der Waals surface area (Å²) in [6.07, 6.45) is -6.82. The van der Waals surface area contributed by atoms with E-state index in [4.69, 9.17) is 40.9 Å². The lowest BCUT2D eigenvalue weighted by Crippen LogP contribution is -2.42. The maximum atomic E-state index is 10.3. The Kier molecular flexibility index (Phi) is 29.9. The minimum absolute atomic E-state index is 0. The molecule has 0 heterocycles. The number of carboxylic acid groups (broad SMARTS) is 5. The van der Waals surface area contributed by atoms with Crippen molar-refractivity contribution in [1.29, 1.82) is 0 Å². The van der Waals surface area contributed by atoms with Gasteiger partial charge in [-0.15, -0.1) is 0 Å². The molecule has 2 atom stereocenters. The smallest absolute Gasteiger partial charge is 0.336 e. The molecule has 18 heteroatoms. The molecular formula is C10H29N5O13. The summed E-state index contributed by atoms with van der Waals surface area (Å²) in [5, 5.41) is 66.3. The van der Waals surface area contributed by atoms with Crippen LogP contribution >= 0.6 is 0 Å². The van der Waals surface area contributed by atoms with Crippen LogP contribution in [0, 0.1) is 0 Å². The molecule has 172 valence electrons. The molecule has 18 nitrogen and oxygen atoms in total. The Morgan fingerprint density at radius 3 is 0.929 bits per heavy atom. The van der Waals surface area contributed by atoms with Gasteiger partial charge >= 0.3 is 29.8 Å². The number of rotatable bonds is 8. The Bertz CT molecular complexity index is 466. The molecule has 28 heavy (non-hydrogen) atoms. The molecule has 0 aromatic heterocycles. The first kappa shape index (κ1) is 44.5. The first-order valence-corrected chi connectivity index (χ1v) is 5.45. The Balaban J connectivity index is -0.0000000546. The summed E-state index contributed by atoms with van der Waals surface area (Å²) < 4.78 is 0. The van der Waals surface area contributed by atoms with Crippen LogP contribution in [0.4, 0.5) is 0 Å². The van der Waals surface area contributed by atoms with Crippen LogP contribution in [-0.4, -0.2) is 88.5 Å². The molecule has 0 saturated carbocycles. The van der Waals surface area contributed by atoms with Gasteiger partial charge in [0.05, 0.1) is 12.8 Å². The number of hydrogen-bond acceptors (Lipinski definition) is 13. The largest absolute Gasteiger partial charge is 0.481 e. The Morgan fingerprint density at radius 1 is 0.607 bits per heavy atom. The first-order valence-electron chi connectivity index (χ1n) is 5.45. The van der Waals surface area contributed by atoms with Crippen molar-refractivity contribution in [2.45, 2.75) is 30.7 Å². The highest BCUT2D eigenvalue weighted by atomic mass is 16.4. The first-order chi connectivity index (χ1) is 10.2. The summed E-state index contributed by atoms with van der Waals surface area (Å²) in [6, 6.07) is 0. The third-order valence-corrected chi connectivity index (χ3v) is 2.09. The van der Waals surface area contributed by atoms with Gasteiger partial charge in [-0.25, -0.2) is 14.4 Å². The van der Waals surface area contributed by atoms with Crippen LogP contribution in [0.1, 0.15) is 12.8 Å². The third-order valence-electron chi connectivity index (χ3n) is 2.09. The van der Waals surface area contributed by atoms with Gasteiger partial charge < -0.3 is 71.6 Å². The summed E-state index contributed by atoms with van der Waals surface area (Å²) >= 11 is 0. The lowest BCUT2D eigenvalue weighted by atomic mass is 9.96. The fourth-order valence-electron chi connectivity index (χ4n) is 0.984. The normalized spacial score (nSPS) is 10.7. The second kappa shape index (κ2) is 18.8. The minimum Gasteiger partial charge on any atom is -0.481 e. The molecule has 0 saturated heterocycles. The van der Waals surface area contributed by atoms with Gasteiger partial charge in [0.25, 0.3) is 0 Å². The monoisotopic (exact) mass is 427 g/mol. The molecule has 0 aromatic carbocycles. The van der Waals surface area contributed by atoms with Crippen LogP contribution in [0.3, 0.4) is 0 Å². The van der Waals surface area contributed by atoms with E-state index in [1.54, 1.807) is 0 Å². The van der Waals surface area contributed by atoms with Gasteiger partial charge in [0.2, 0.25) is 0 Å². The van der Waals surface area contributed by atoms with Gasteiger partial charge in [0, 0.05) is 0 Å². The van der Waals surface area contributed by atoms with Crippen molar-refractivity contribution in [3.63, 3.8) is 0 Å². The number of hydrogen-bond donors (Lipinski definition) is 13.